The lowest BCUT2D eigenvalue weighted by Gasteiger charge is -2.10. The molecule has 0 radical (unpaired) electrons. The number of nitrogens with one attached hydrogen (secondary N) is 1. The van der Waals surface area contributed by atoms with Crippen LogP contribution in [0.15, 0.2) is 53.6 Å². The van der Waals surface area contributed by atoms with Crippen LogP contribution in [-0.4, -0.2) is 19.2 Å². The fourth-order valence-corrected chi connectivity index (χ4v) is 3.18. The molecule has 0 atom stereocenters. The van der Waals surface area contributed by atoms with Crippen molar-refractivity contribution < 1.29 is 9.53 Å². The summed E-state index contributed by atoms with van der Waals surface area (Å²) in [6.07, 6.45) is 1.69. The van der Waals surface area contributed by atoms with Crippen molar-refractivity contribution in [2.75, 3.05) is 7.11 Å². The molecule has 3 rings (SSSR count). The van der Waals surface area contributed by atoms with E-state index in [1.54, 1.807) is 13.3 Å². The Morgan fingerprint density at radius 2 is 1.62 bits per heavy atom. The molecule has 132 valence electrons. The number of rotatable bonds is 4. The van der Waals surface area contributed by atoms with Crippen molar-refractivity contribution in [3.8, 4) is 5.75 Å². The summed E-state index contributed by atoms with van der Waals surface area (Å²) >= 11 is 0. The maximum atomic E-state index is 12.6. The third kappa shape index (κ3) is 3.59. The second-order valence-electron chi connectivity index (χ2n) is 6.41. The van der Waals surface area contributed by atoms with Gasteiger partial charge in [-0.1, -0.05) is 42.0 Å². The Hall–Kier alpha value is -3.14. The number of carbonyl (C=O) groups is 1. The average Bonchev–Trinajstić information content (AvgIpc) is 2.62. The largest absolute Gasteiger partial charge is 0.496 e. The molecule has 0 aliphatic heterocycles. The van der Waals surface area contributed by atoms with E-state index in [-0.39, 0.29) is 5.91 Å². The van der Waals surface area contributed by atoms with Gasteiger partial charge >= 0.3 is 0 Å². The van der Waals surface area contributed by atoms with E-state index in [9.17, 15) is 4.79 Å². The van der Waals surface area contributed by atoms with E-state index < -0.39 is 0 Å². The summed E-state index contributed by atoms with van der Waals surface area (Å²) in [6, 6.07) is 15.7. The summed E-state index contributed by atoms with van der Waals surface area (Å²) in [5, 5.41) is 6.15. The lowest BCUT2D eigenvalue weighted by molar-refractivity contribution is 0.0952. The number of hydrazone groups is 1. The number of methoxy groups -OCH3 is 1. The first kappa shape index (κ1) is 17.7. The molecule has 1 N–H and O–H groups in total. The number of hydrogen-bond donors (Lipinski definition) is 1. The van der Waals surface area contributed by atoms with Gasteiger partial charge in [-0.2, -0.15) is 5.10 Å². The molecule has 4 heteroatoms. The molecular formula is C22H22N2O2. The molecule has 0 spiro atoms. The van der Waals surface area contributed by atoms with Gasteiger partial charge in [0.2, 0.25) is 0 Å². The molecule has 0 aliphatic carbocycles. The molecule has 0 unspecified atom stereocenters. The quantitative estimate of drug-likeness (QED) is 0.557. The average molecular weight is 346 g/mol. The number of amides is 1. The van der Waals surface area contributed by atoms with Crippen molar-refractivity contribution in [3.63, 3.8) is 0 Å². The second kappa shape index (κ2) is 7.40. The Kier molecular flexibility index (Phi) is 5.03. The van der Waals surface area contributed by atoms with E-state index >= 15 is 0 Å². The first-order valence-corrected chi connectivity index (χ1v) is 8.47. The standard InChI is InChI=1S/C22H22N2O2/c1-14-9-15(2)20(16(3)10-14)13-23-24-22(25)19-11-17-7-5-6-8-18(17)12-21(19)26-4/h5-13H,1-4H3,(H,24,25). The fourth-order valence-electron chi connectivity index (χ4n) is 3.18. The van der Waals surface area contributed by atoms with Crippen LogP contribution in [0.3, 0.4) is 0 Å². The van der Waals surface area contributed by atoms with Crippen LogP contribution in [0, 0.1) is 20.8 Å². The van der Waals surface area contributed by atoms with Gasteiger partial charge in [0.05, 0.1) is 18.9 Å². The molecule has 0 fully saturated rings. The van der Waals surface area contributed by atoms with Crippen molar-refractivity contribution in [2.24, 2.45) is 5.10 Å². The second-order valence-corrected chi connectivity index (χ2v) is 6.41. The predicted octanol–water partition coefficient (Wildman–Crippen LogP) is 4.54. The van der Waals surface area contributed by atoms with Crippen molar-refractivity contribution >= 4 is 22.9 Å². The lowest BCUT2D eigenvalue weighted by Crippen LogP contribution is -2.18. The highest BCUT2D eigenvalue weighted by molar-refractivity contribution is 6.02. The molecule has 3 aromatic rings. The maximum absolute atomic E-state index is 12.6. The Bertz CT molecular complexity index is 983. The van der Waals surface area contributed by atoms with Gasteiger partial charge in [-0.15, -0.1) is 0 Å². The third-order valence-corrected chi connectivity index (χ3v) is 4.41. The number of ether oxygens (including phenoxy) is 1. The highest BCUT2D eigenvalue weighted by atomic mass is 16.5. The molecule has 0 heterocycles. The van der Waals surface area contributed by atoms with Crippen LogP contribution in [0.4, 0.5) is 0 Å². The van der Waals surface area contributed by atoms with Gasteiger partial charge < -0.3 is 4.74 Å². The minimum Gasteiger partial charge on any atom is -0.496 e. The van der Waals surface area contributed by atoms with Crippen LogP contribution in [0.25, 0.3) is 10.8 Å². The van der Waals surface area contributed by atoms with Crippen LogP contribution in [0.1, 0.15) is 32.6 Å². The SMILES string of the molecule is COc1cc2ccccc2cc1C(=O)NN=Cc1c(C)cc(C)cc1C. The van der Waals surface area contributed by atoms with Crippen molar-refractivity contribution in [3.05, 3.63) is 76.3 Å². The van der Waals surface area contributed by atoms with E-state index in [2.05, 4.69) is 29.6 Å². The van der Waals surface area contributed by atoms with Gasteiger partial charge in [0.1, 0.15) is 5.75 Å². The molecule has 1 amide bonds. The molecule has 0 aliphatic rings. The normalized spacial score (nSPS) is 11.1. The first-order chi connectivity index (χ1) is 12.5. The minimum atomic E-state index is -0.300. The van der Waals surface area contributed by atoms with Gasteiger partial charge in [0.15, 0.2) is 0 Å². The van der Waals surface area contributed by atoms with Gasteiger partial charge in [-0.05, 0) is 54.8 Å². The summed E-state index contributed by atoms with van der Waals surface area (Å²) in [6.45, 7) is 6.14. The zero-order valence-corrected chi connectivity index (χ0v) is 15.5. The molecule has 0 aromatic heterocycles. The number of benzene rings is 3. The number of fused-ring (bicyclic) bond motifs is 1. The number of hydrogen-bond acceptors (Lipinski definition) is 3. The highest BCUT2D eigenvalue weighted by Crippen LogP contribution is 2.25. The zero-order valence-electron chi connectivity index (χ0n) is 15.5. The zero-order chi connectivity index (χ0) is 18.7. The molecule has 26 heavy (non-hydrogen) atoms. The topological polar surface area (TPSA) is 50.7 Å². The summed E-state index contributed by atoms with van der Waals surface area (Å²) in [5.41, 5.74) is 7.55. The van der Waals surface area contributed by atoms with Gasteiger partial charge in [-0.25, -0.2) is 5.43 Å². The lowest BCUT2D eigenvalue weighted by atomic mass is 10.0. The van der Waals surface area contributed by atoms with Crippen molar-refractivity contribution in [1.82, 2.24) is 5.43 Å². The first-order valence-electron chi connectivity index (χ1n) is 8.47. The van der Waals surface area contributed by atoms with Crippen LogP contribution in [0.5, 0.6) is 5.75 Å². The molecule has 0 bridgehead atoms. The van der Waals surface area contributed by atoms with Gasteiger partial charge in [-0.3, -0.25) is 4.79 Å². The number of carbonyl (C=O) groups excluding carboxylic acids is 1. The van der Waals surface area contributed by atoms with E-state index in [1.807, 2.05) is 50.2 Å². The van der Waals surface area contributed by atoms with Crippen LogP contribution < -0.4 is 10.2 Å². The molecular weight excluding hydrogens is 324 g/mol. The molecule has 0 saturated carbocycles. The Morgan fingerprint density at radius 1 is 1.00 bits per heavy atom. The summed E-state index contributed by atoms with van der Waals surface area (Å²) < 4.78 is 5.38. The van der Waals surface area contributed by atoms with E-state index in [1.165, 1.54) is 5.56 Å². The summed E-state index contributed by atoms with van der Waals surface area (Å²) in [7, 11) is 1.56. The monoisotopic (exact) mass is 346 g/mol. The number of nitrogens with zero attached hydrogens (tertiary/aromatic N) is 1. The van der Waals surface area contributed by atoms with Gasteiger partial charge in [0.25, 0.3) is 5.91 Å². The predicted molar refractivity (Wildman–Crippen MR) is 106 cm³/mol. The molecule has 3 aromatic carbocycles. The Morgan fingerprint density at radius 3 is 2.23 bits per heavy atom. The van der Waals surface area contributed by atoms with Crippen molar-refractivity contribution in [1.29, 1.82) is 0 Å². The Balaban J connectivity index is 1.85. The summed E-state index contributed by atoms with van der Waals surface area (Å²) in [4.78, 5) is 12.6. The van der Waals surface area contributed by atoms with E-state index in [4.69, 9.17) is 4.74 Å². The van der Waals surface area contributed by atoms with Crippen LogP contribution in [0.2, 0.25) is 0 Å². The van der Waals surface area contributed by atoms with E-state index in [0.29, 0.717) is 11.3 Å². The smallest absolute Gasteiger partial charge is 0.275 e. The highest BCUT2D eigenvalue weighted by Gasteiger charge is 2.13. The van der Waals surface area contributed by atoms with Crippen molar-refractivity contribution in [2.45, 2.75) is 20.8 Å². The van der Waals surface area contributed by atoms with Crippen LogP contribution in [-0.2, 0) is 0 Å². The summed E-state index contributed by atoms with van der Waals surface area (Å²) in [5.74, 6) is 0.227. The van der Waals surface area contributed by atoms with Gasteiger partial charge in [0, 0.05) is 5.56 Å². The third-order valence-electron chi connectivity index (χ3n) is 4.41. The number of aryl methyl sites for hydroxylation is 3. The molecule has 0 saturated heterocycles. The minimum absolute atomic E-state index is 0.300. The fraction of sp³-hybridized carbons (Fsp3) is 0.182. The van der Waals surface area contributed by atoms with Crippen LogP contribution >= 0.6 is 0 Å². The Labute approximate surface area is 153 Å². The van der Waals surface area contributed by atoms with E-state index in [0.717, 1.165) is 27.5 Å². The molecule has 4 nitrogen and oxygen atoms in total. The maximum Gasteiger partial charge on any atom is 0.275 e.